The van der Waals surface area contributed by atoms with Gasteiger partial charge in [0, 0.05) is 11.1 Å². The van der Waals surface area contributed by atoms with Crippen molar-refractivity contribution in [1.29, 1.82) is 0 Å². The SMILES string of the molecule is COc1ccc(C=C2N=C(c3ccccc3C)OC2=O)c(OC)c1OC. The van der Waals surface area contributed by atoms with Crippen molar-refractivity contribution in [2.45, 2.75) is 6.92 Å². The zero-order chi connectivity index (χ0) is 18.7. The number of benzene rings is 2. The molecule has 0 fully saturated rings. The number of aliphatic imine (C=N–C) groups is 1. The molecule has 0 unspecified atom stereocenters. The normalized spacial score (nSPS) is 14.8. The second-order valence-electron chi connectivity index (χ2n) is 5.57. The molecule has 6 heteroatoms. The van der Waals surface area contributed by atoms with Crippen molar-refractivity contribution < 1.29 is 23.7 Å². The Hall–Kier alpha value is -3.28. The van der Waals surface area contributed by atoms with Gasteiger partial charge in [0.1, 0.15) is 0 Å². The summed E-state index contributed by atoms with van der Waals surface area (Å²) >= 11 is 0. The Labute approximate surface area is 151 Å². The Bertz CT molecular complexity index is 914. The lowest BCUT2D eigenvalue weighted by Crippen LogP contribution is -2.06. The summed E-state index contributed by atoms with van der Waals surface area (Å²) in [4.78, 5) is 16.6. The van der Waals surface area contributed by atoms with Gasteiger partial charge in [-0.05, 0) is 36.8 Å². The van der Waals surface area contributed by atoms with E-state index in [0.29, 0.717) is 28.7 Å². The Morgan fingerprint density at radius 2 is 1.69 bits per heavy atom. The number of rotatable bonds is 5. The molecule has 0 bridgehead atoms. The molecule has 0 saturated carbocycles. The van der Waals surface area contributed by atoms with Crippen molar-refractivity contribution >= 4 is 17.9 Å². The van der Waals surface area contributed by atoms with Crippen molar-refractivity contribution in [1.82, 2.24) is 0 Å². The first-order valence-electron chi connectivity index (χ1n) is 7.96. The average molecular weight is 353 g/mol. The molecule has 1 aliphatic heterocycles. The van der Waals surface area contributed by atoms with Crippen LogP contribution in [0.5, 0.6) is 17.2 Å². The maximum atomic E-state index is 12.2. The number of aryl methyl sites for hydroxylation is 1. The van der Waals surface area contributed by atoms with Gasteiger partial charge in [-0.1, -0.05) is 18.2 Å². The van der Waals surface area contributed by atoms with Crippen LogP contribution in [0.2, 0.25) is 0 Å². The number of ether oxygens (including phenoxy) is 4. The van der Waals surface area contributed by atoms with E-state index >= 15 is 0 Å². The summed E-state index contributed by atoms with van der Waals surface area (Å²) < 4.78 is 21.4. The molecule has 0 radical (unpaired) electrons. The van der Waals surface area contributed by atoms with Crippen LogP contribution in [0.15, 0.2) is 47.1 Å². The topological polar surface area (TPSA) is 66.4 Å². The van der Waals surface area contributed by atoms with Crippen LogP contribution in [0.25, 0.3) is 6.08 Å². The third-order valence-electron chi connectivity index (χ3n) is 4.02. The van der Waals surface area contributed by atoms with Crippen molar-refractivity contribution in [3.05, 3.63) is 58.8 Å². The van der Waals surface area contributed by atoms with E-state index in [2.05, 4.69) is 4.99 Å². The van der Waals surface area contributed by atoms with Gasteiger partial charge in [-0.25, -0.2) is 9.79 Å². The fourth-order valence-electron chi connectivity index (χ4n) is 2.72. The van der Waals surface area contributed by atoms with Crippen molar-refractivity contribution in [3.63, 3.8) is 0 Å². The maximum absolute atomic E-state index is 12.2. The van der Waals surface area contributed by atoms with E-state index in [-0.39, 0.29) is 5.70 Å². The molecular weight excluding hydrogens is 334 g/mol. The van der Waals surface area contributed by atoms with Gasteiger partial charge in [-0.2, -0.15) is 0 Å². The molecule has 0 N–H and O–H groups in total. The number of methoxy groups -OCH3 is 3. The van der Waals surface area contributed by atoms with Gasteiger partial charge < -0.3 is 18.9 Å². The molecule has 134 valence electrons. The van der Waals surface area contributed by atoms with Crippen LogP contribution in [0.3, 0.4) is 0 Å². The van der Waals surface area contributed by atoms with Gasteiger partial charge in [0.05, 0.1) is 21.3 Å². The first-order valence-corrected chi connectivity index (χ1v) is 7.96. The van der Waals surface area contributed by atoms with Gasteiger partial charge in [0.25, 0.3) is 0 Å². The zero-order valence-electron chi connectivity index (χ0n) is 15.0. The minimum atomic E-state index is -0.514. The van der Waals surface area contributed by atoms with Crippen LogP contribution >= 0.6 is 0 Å². The van der Waals surface area contributed by atoms with Gasteiger partial charge in [-0.15, -0.1) is 0 Å². The number of nitrogens with zero attached hydrogens (tertiary/aromatic N) is 1. The minimum Gasteiger partial charge on any atom is -0.493 e. The maximum Gasteiger partial charge on any atom is 0.363 e. The third kappa shape index (κ3) is 3.13. The van der Waals surface area contributed by atoms with Crippen LogP contribution in [0.1, 0.15) is 16.7 Å². The first kappa shape index (κ1) is 17.5. The predicted octanol–water partition coefficient (Wildman–Crippen LogP) is 3.37. The van der Waals surface area contributed by atoms with E-state index in [9.17, 15) is 4.79 Å². The third-order valence-corrected chi connectivity index (χ3v) is 4.02. The van der Waals surface area contributed by atoms with Crippen LogP contribution in [-0.4, -0.2) is 33.2 Å². The molecule has 2 aromatic rings. The van der Waals surface area contributed by atoms with E-state index < -0.39 is 5.97 Å². The number of hydrogen-bond donors (Lipinski definition) is 0. The Kier molecular flexibility index (Phi) is 4.93. The summed E-state index contributed by atoms with van der Waals surface area (Å²) in [6.45, 7) is 1.94. The summed E-state index contributed by atoms with van der Waals surface area (Å²) in [5.74, 6) is 1.20. The molecule has 0 atom stereocenters. The standard InChI is InChI=1S/C20H19NO5/c1-12-7-5-6-8-14(12)19-21-15(20(22)26-19)11-13-9-10-16(23-2)18(25-4)17(13)24-3/h5-11H,1-4H3. The van der Waals surface area contributed by atoms with E-state index in [4.69, 9.17) is 18.9 Å². The van der Waals surface area contributed by atoms with Gasteiger partial charge in [0.15, 0.2) is 17.2 Å². The molecule has 0 saturated heterocycles. The molecule has 26 heavy (non-hydrogen) atoms. The molecule has 6 nitrogen and oxygen atoms in total. The van der Waals surface area contributed by atoms with Crippen LogP contribution < -0.4 is 14.2 Å². The first-order chi connectivity index (χ1) is 12.6. The molecule has 0 aromatic heterocycles. The Morgan fingerprint density at radius 1 is 0.962 bits per heavy atom. The van der Waals surface area contributed by atoms with Gasteiger partial charge in [-0.3, -0.25) is 0 Å². The summed E-state index contributed by atoms with van der Waals surface area (Å²) in [6.07, 6.45) is 1.61. The molecule has 1 heterocycles. The van der Waals surface area contributed by atoms with E-state index in [1.807, 2.05) is 31.2 Å². The number of hydrogen-bond acceptors (Lipinski definition) is 6. The van der Waals surface area contributed by atoms with Crippen molar-refractivity contribution in [2.24, 2.45) is 4.99 Å². The van der Waals surface area contributed by atoms with Crippen LogP contribution in [-0.2, 0) is 9.53 Å². The summed E-state index contributed by atoms with van der Waals surface area (Å²) in [7, 11) is 4.59. The number of carbonyl (C=O) groups is 1. The highest BCUT2D eigenvalue weighted by molar-refractivity contribution is 6.13. The van der Waals surface area contributed by atoms with Gasteiger partial charge >= 0.3 is 5.97 Å². The molecule has 3 rings (SSSR count). The lowest BCUT2D eigenvalue weighted by atomic mass is 10.1. The van der Waals surface area contributed by atoms with Crippen LogP contribution in [0.4, 0.5) is 0 Å². The Balaban J connectivity index is 2.05. The monoisotopic (exact) mass is 353 g/mol. The lowest BCUT2D eigenvalue weighted by molar-refractivity contribution is -0.129. The fourth-order valence-corrected chi connectivity index (χ4v) is 2.72. The Morgan fingerprint density at radius 3 is 2.35 bits per heavy atom. The van der Waals surface area contributed by atoms with E-state index in [1.165, 1.54) is 14.2 Å². The minimum absolute atomic E-state index is 0.189. The van der Waals surface area contributed by atoms with Crippen molar-refractivity contribution in [3.8, 4) is 17.2 Å². The van der Waals surface area contributed by atoms with E-state index in [0.717, 1.165) is 11.1 Å². The second kappa shape index (κ2) is 7.31. The highest BCUT2D eigenvalue weighted by atomic mass is 16.6. The molecule has 0 amide bonds. The fraction of sp³-hybridized carbons (Fsp3) is 0.200. The second-order valence-corrected chi connectivity index (χ2v) is 5.57. The quantitative estimate of drug-likeness (QED) is 0.609. The zero-order valence-corrected chi connectivity index (χ0v) is 15.0. The average Bonchev–Trinajstić information content (AvgIpc) is 3.01. The highest BCUT2D eigenvalue weighted by Gasteiger charge is 2.26. The predicted molar refractivity (Wildman–Crippen MR) is 97.9 cm³/mol. The van der Waals surface area contributed by atoms with Crippen LogP contribution in [0, 0.1) is 6.92 Å². The lowest BCUT2D eigenvalue weighted by Gasteiger charge is -2.14. The molecule has 0 aliphatic carbocycles. The number of carbonyl (C=O) groups excluding carboxylic acids is 1. The van der Waals surface area contributed by atoms with Gasteiger partial charge in [0.2, 0.25) is 11.6 Å². The summed E-state index contributed by atoms with van der Waals surface area (Å²) in [5.41, 5.74) is 2.58. The smallest absolute Gasteiger partial charge is 0.363 e. The van der Waals surface area contributed by atoms with E-state index in [1.54, 1.807) is 25.3 Å². The molecule has 2 aromatic carbocycles. The summed E-state index contributed by atoms with van der Waals surface area (Å²) in [6, 6.07) is 11.1. The largest absolute Gasteiger partial charge is 0.493 e. The molecule has 1 aliphatic rings. The number of esters is 1. The van der Waals surface area contributed by atoms with Crippen molar-refractivity contribution in [2.75, 3.05) is 21.3 Å². The molecule has 0 spiro atoms. The number of cyclic esters (lactones) is 1. The highest BCUT2D eigenvalue weighted by Crippen LogP contribution is 2.40. The summed E-state index contributed by atoms with van der Waals surface area (Å²) in [5, 5.41) is 0. The molecular formula is C20H19NO5.